The zero-order chi connectivity index (χ0) is 21.0. The number of nitrogens with one attached hydrogen (secondary N) is 2. The van der Waals surface area contributed by atoms with Crippen molar-refractivity contribution in [2.24, 2.45) is 0 Å². The second kappa shape index (κ2) is 8.46. The Kier molecular flexibility index (Phi) is 6.00. The van der Waals surface area contributed by atoms with Crippen LogP contribution in [0.15, 0.2) is 59.8 Å². The fourth-order valence-corrected chi connectivity index (χ4v) is 3.33. The molecule has 0 saturated heterocycles. The minimum absolute atomic E-state index is 0.0760. The third-order valence-corrected chi connectivity index (χ3v) is 5.51. The van der Waals surface area contributed by atoms with Gasteiger partial charge in [0.2, 0.25) is 5.88 Å². The van der Waals surface area contributed by atoms with Crippen molar-refractivity contribution < 1.29 is 13.2 Å². The molecule has 0 fully saturated rings. The monoisotopic (exact) mass is 413 g/mol. The van der Waals surface area contributed by atoms with E-state index >= 15 is 0 Å². The number of benzene rings is 2. The molecule has 3 rings (SSSR count). The number of aromatic nitrogens is 2. The number of ether oxygens (including phenoxy) is 1. The largest absolute Gasteiger partial charge is 0.437 e. The summed E-state index contributed by atoms with van der Waals surface area (Å²) >= 11 is 0. The normalized spacial score (nSPS) is 11.4. The Labute approximate surface area is 170 Å². The van der Waals surface area contributed by atoms with E-state index in [1.807, 2.05) is 31.2 Å². The summed E-state index contributed by atoms with van der Waals surface area (Å²) in [6.45, 7) is 6.09. The van der Waals surface area contributed by atoms with Crippen molar-refractivity contribution in [3.63, 3.8) is 0 Å². The van der Waals surface area contributed by atoms with Gasteiger partial charge in [0, 0.05) is 0 Å². The number of aryl methyl sites for hydroxylation is 1. The van der Waals surface area contributed by atoms with E-state index < -0.39 is 10.0 Å². The molecule has 0 unspecified atom stereocenters. The maximum atomic E-state index is 12.4. The molecule has 0 radical (unpaired) electrons. The van der Waals surface area contributed by atoms with Gasteiger partial charge in [0.25, 0.3) is 10.0 Å². The van der Waals surface area contributed by atoms with E-state index in [1.165, 1.54) is 24.0 Å². The van der Waals surface area contributed by atoms with Gasteiger partial charge in [-0.3, -0.25) is 5.43 Å². The molecule has 0 saturated carbocycles. The molecule has 0 bridgehead atoms. The third-order valence-electron chi connectivity index (χ3n) is 4.24. The highest BCUT2D eigenvalue weighted by atomic mass is 32.2. The van der Waals surface area contributed by atoms with Gasteiger partial charge < -0.3 is 10.5 Å². The van der Waals surface area contributed by atoms with Gasteiger partial charge in [-0.15, -0.1) is 4.83 Å². The Hall–Kier alpha value is -3.17. The predicted octanol–water partition coefficient (Wildman–Crippen LogP) is 3.59. The molecule has 0 atom stereocenters. The van der Waals surface area contributed by atoms with Crippen LogP contribution in [0.3, 0.4) is 0 Å². The summed E-state index contributed by atoms with van der Waals surface area (Å²) in [5.41, 5.74) is 10.8. The zero-order valence-electron chi connectivity index (χ0n) is 16.4. The van der Waals surface area contributed by atoms with Gasteiger partial charge in [-0.2, -0.15) is 4.98 Å². The van der Waals surface area contributed by atoms with Crippen LogP contribution in [0.4, 0.5) is 11.5 Å². The van der Waals surface area contributed by atoms with Crippen LogP contribution < -0.4 is 20.7 Å². The van der Waals surface area contributed by atoms with E-state index in [4.69, 9.17) is 10.5 Å². The van der Waals surface area contributed by atoms with Crippen LogP contribution in [0.5, 0.6) is 11.6 Å². The number of rotatable bonds is 7. The fourth-order valence-electron chi connectivity index (χ4n) is 2.48. The van der Waals surface area contributed by atoms with Crippen molar-refractivity contribution in [2.75, 3.05) is 11.2 Å². The van der Waals surface area contributed by atoms with E-state index in [9.17, 15) is 8.42 Å². The second-order valence-electron chi connectivity index (χ2n) is 6.81. The molecular weight excluding hydrogens is 390 g/mol. The minimum atomic E-state index is -3.79. The molecule has 152 valence electrons. The van der Waals surface area contributed by atoms with Crippen molar-refractivity contribution in [1.82, 2.24) is 14.8 Å². The van der Waals surface area contributed by atoms with Gasteiger partial charge in [0.15, 0.2) is 5.82 Å². The molecule has 1 aromatic heterocycles. The molecule has 0 amide bonds. The first kappa shape index (κ1) is 20.6. The summed E-state index contributed by atoms with van der Waals surface area (Å²) in [5, 5.41) is 0. The maximum absolute atomic E-state index is 12.4. The van der Waals surface area contributed by atoms with Gasteiger partial charge in [-0.1, -0.05) is 43.7 Å². The van der Waals surface area contributed by atoms with E-state index in [0.717, 1.165) is 5.56 Å². The number of hydrogen-bond donors (Lipinski definition) is 3. The van der Waals surface area contributed by atoms with Crippen LogP contribution in [-0.4, -0.2) is 18.4 Å². The molecule has 1 heterocycles. The Bertz CT molecular complexity index is 1080. The lowest BCUT2D eigenvalue weighted by molar-refractivity contribution is 0.464. The zero-order valence-corrected chi connectivity index (χ0v) is 17.2. The molecule has 0 aliphatic carbocycles. The van der Waals surface area contributed by atoms with Gasteiger partial charge >= 0.3 is 0 Å². The molecule has 29 heavy (non-hydrogen) atoms. The molecular formula is C20H23N5O3S. The Morgan fingerprint density at radius 3 is 2.28 bits per heavy atom. The lowest BCUT2D eigenvalue weighted by Crippen LogP contribution is -2.30. The number of anilines is 2. The van der Waals surface area contributed by atoms with E-state index in [0.29, 0.717) is 11.7 Å². The molecule has 3 aromatic rings. The fraction of sp³-hybridized carbons (Fsp3) is 0.200. The smallest absolute Gasteiger partial charge is 0.257 e. The summed E-state index contributed by atoms with van der Waals surface area (Å²) in [6.07, 6.45) is 1.23. The number of nitrogens with two attached hydrogens (primary N) is 1. The highest BCUT2D eigenvalue weighted by Crippen LogP contribution is 2.29. The lowest BCUT2D eigenvalue weighted by atomic mass is 10.0. The molecule has 2 aromatic carbocycles. The summed E-state index contributed by atoms with van der Waals surface area (Å²) < 4.78 is 30.5. The predicted molar refractivity (Wildman–Crippen MR) is 112 cm³/mol. The molecule has 9 heteroatoms. The Balaban J connectivity index is 1.74. The molecule has 0 spiro atoms. The molecule has 0 aliphatic rings. The van der Waals surface area contributed by atoms with Gasteiger partial charge in [0.05, 0.1) is 4.90 Å². The van der Waals surface area contributed by atoms with Crippen molar-refractivity contribution in [2.45, 2.75) is 31.6 Å². The number of nitrogen functional groups attached to an aromatic ring is 1. The average Bonchev–Trinajstić information content (AvgIpc) is 2.69. The first-order valence-electron chi connectivity index (χ1n) is 8.99. The van der Waals surface area contributed by atoms with E-state index in [1.54, 1.807) is 12.1 Å². The lowest BCUT2D eigenvalue weighted by Gasteiger charge is -2.13. The van der Waals surface area contributed by atoms with Crippen molar-refractivity contribution >= 4 is 21.5 Å². The number of nitrogens with zero attached hydrogens (tertiary/aromatic N) is 2. The number of sulfonamides is 1. The van der Waals surface area contributed by atoms with Crippen LogP contribution in [-0.2, 0) is 10.0 Å². The first-order valence-corrected chi connectivity index (χ1v) is 10.5. The Morgan fingerprint density at radius 1 is 1.00 bits per heavy atom. The minimum Gasteiger partial charge on any atom is -0.437 e. The average molecular weight is 414 g/mol. The van der Waals surface area contributed by atoms with E-state index in [2.05, 4.69) is 34.1 Å². The summed E-state index contributed by atoms with van der Waals surface area (Å²) in [5.74, 6) is 1.18. The number of hydrazine groups is 1. The highest BCUT2D eigenvalue weighted by molar-refractivity contribution is 7.89. The van der Waals surface area contributed by atoms with Crippen molar-refractivity contribution in [3.05, 3.63) is 66.0 Å². The summed E-state index contributed by atoms with van der Waals surface area (Å²) in [6, 6.07) is 14.0. The van der Waals surface area contributed by atoms with Crippen molar-refractivity contribution in [3.8, 4) is 11.6 Å². The highest BCUT2D eigenvalue weighted by Gasteiger charge is 2.16. The van der Waals surface area contributed by atoms with Crippen LogP contribution in [0.2, 0.25) is 0 Å². The van der Waals surface area contributed by atoms with Gasteiger partial charge in [-0.25, -0.2) is 13.4 Å². The summed E-state index contributed by atoms with van der Waals surface area (Å²) in [4.78, 5) is 10.4. The Morgan fingerprint density at radius 2 is 1.66 bits per heavy atom. The molecule has 8 nitrogen and oxygen atoms in total. The topological polar surface area (TPSA) is 119 Å². The standard InChI is InChI=1S/C20H23N5O3S/c1-13(2)15-6-8-16(9-7-15)28-20-18(21)19(22-12-23-20)24-25-29(26,27)17-10-4-14(3)5-11-17/h4-13,25H,21H2,1-3H3,(H,22,23,24). The molecule has 0 aliphatic heterocycles. The quantitative estimate of drug-likeness (QED) is 0.506. The maximum Gasteiger partial charge on any atom is 0.257 e. The van der Waals surface area contributed by atoms with Crippen molar-refractivity contribution in [1.29, 1.82) is 0 Å². The first-order chi connectivity index (χ1) is 13.8. The third kappa shape index (κ3) is 5.01. The van der Waals surface area contributed by atoms with Gasteiger partial charge in [-0.05, 0) is 42.7 Å². The molecule has 4 N–H and O–H groups in total. The van der Waals surface area contributed by atoms with Gasteiger partial charge in [0.1, 0.15) is 17.8 Å². The number of hydrogen-bond acceptors (Lipinski definition) is 7. The van der Waals surface area contributed by atoms with Crippen LogP contribution in [0.1, 0.15) is 30.9 Å². The van der Waals surface area contributed by atoms with E-state index in [-0.39, 0.29) is 22.3 Å². The van der Waals surface area contributed by atoms with Crippen LogP contribution in [0, 0.1) is 6.92 Å². The second-order valence-corrected chi connectivity index (χ2v) is 8.49. The van der Waals surface area contributed by atoms with Crippen LogP contribution >= 0.6 is 0 Å². The SMILES string of the molecule is Cc1ccc(S(=O)(=O)NNc2ncnc(Oc3ccc(C(C)C)cc3)c2N)cc1. The van der Waals surface area contributed by atoms with Crippen LogP contribution in [0.25, 0.3) is 0 Å². The summed E-state index contributed by atoms with van der Waals surface area (Å²) in [7, 11) is -3.79.